The van der Waals surface area contributed by atoms with Crippen molar-refractivity contribution in [2.24, 2.45) is 0 Å². The Kier molecular flexibility index (Phi) is 5.77. The number of aromatic nitrogens is 3. The average molecular weight is 475 g/mol. The topological polar surface area (TPSA) is 61.9 Å². The largest absolute Gasteiger partial charge is 0.319 e. The average Bonchev–Trinajstić information content (AvgIpc) is 2.85. The first-order valence-electron chi connectivity index (χ1n) is 10.4. The molecule has 0 aliphatic heterocycles. The number of nitrogens with one attached hydrogen (secondary N) is 1. The molecule has 0 aliphatic carbocycles. The van der Waals surface area contributed by atoms with E-state index in [1.807, 2.05) is 36.4 Å². The molecule has 3 aromatic carbocycles. The standard InChI is InChI=1S/C26H17ClF2N4O/c27-18-7-4-8-19(14-18)33(26-30-12-11-22(31-26)16-5-2-1-3-6-16)15-17-13-23(34)32-25-20(17)9-10-21(28)24(25)29/h1-14H,15H2,(H,32,34). The first kappa shape index (κ1) is 21.7. The summed E-state index contributed by atoms with van der Waals surface area (Å²) in [5.74, 6) is -1.78. The van der Waals surface area contributed by atoms with Crippen molar-refractivity contribution in [3.8, 4) is 11.3 Å². The number of hydrogen-bond acceptors (Lipinski definition) is 4. The van der Waals surface area contributed by atoms with Crippen molar-refractivity contribution in [1.29, 1.82) is 0 Å². The van der Waals surface area contributed by atoms with E-state index in [1.54, 1.807) is 35.4 Å². The fourth-order valence-electron chi connectivity index (χ4n) is 3.81. The summed E-state index contributed by atoms with van der Waals surface area (Å²) in [4.78, 5) is 25.6. The van der Waals surface area contributed by atoms with Gasteiger partial charge in [-0.05, 0) is 42.0 Å². The molecule has 0 aliphatic rings. The van der Waals surface area contributed by atoms with E-state index in [4.69, 9.17) is 16.6 Å². The summed E-state index contributed by atoms with van der Waals surface area (Å²) in [5.41, 5.74) is 2.04. The second-order valence-corrected chi connectivity index (χ2v) is 8.05. The predicted molar refractivity (Wildman–Crippen MR) is 129 cm³/mol. The smallest absolute Gasteiger partial charge is 0.248 e. The lowest BCUT2D eigenvalue weighted by Crippen LogP contribution is -2.21. The monoisotopic (exact) mass is 474 g/mol. The highest BCUT2D eigenvalue weighted by Gasteiger charge is 2.18. The Bertz CT molecular complexity index is 1560. The number of halogens is 3. The molecular weight excluding hydrogens is 458 g/mol. The Morgan fingerprint density at radius 3 is 2.56 bits per heavy atom. The second-order valence-electron chi connectivity index (χ2n) is 7.62. The molecule has 34 heavy (non-hydrogen) atoms. The van der Waals surface area contributed by atoms with E-state index in [-0.39, 0.29) is 12.1 Å². The van der Waals surface area contributed by atoms with Gasteiger partial charge in [-0.25, -0.2) is 18.7 Å². The van der Waals surface area contributed by atoms with Crippen LogP contribution in [0.1, 0.15) is 5.56 Å². The van der Waals surface area contributed by atoms with E-state index >= 15 is 0 Å². The van der Waals surface area contributed by atoms with E-state index in [9.17, 15) is 13.6 Å². The number of pyridine rings is 1. The van der Waals surface area contributed by atoms with Gasteiger partial charge in [0.05, 0.1) is 17.8 Å². The predicted octanol–water partition coefficient (Wildman–Crippen LogP) is 6.26. The maximum absolute atomic E-state index is 14.4. The van der Waals surface area contributed by atoms with Crippen molar-refractivity contribution < 1.29 is 8.78 Å². The van der Waals surface area contributed by atoms with E-state index in [0.717, 1.165) is 11.6 Å². The third-order valence-electron chi connectivity index (χ3n) is 5.40. The molecule has 0 saturated carbocycles. The fourth-order valence-corrected chi connectivity index (χ4v) is 3.99. The molecule has 0 saturated heterocycles. The highest BCUT2D eigenvalue weighted by Crippen LogP contribution is 2.30. The molecule has 0 fully saturated rings. The van der Waals surface area contributed by atoms with Crippen LogP contribution in [0.25, 0.3) is 22.2 Å². The van der Waals surface area contributed by atoms with Crippen molar-refractivity contribution in [3.05, 3.63) is 118 Å². The van der Waals surface area contributed by atoms with Crippen molar-refractivity contribution in [1.82, 2.24) is 15.0 Å². The zero-order valence-electron chi connectivity index (χ0n) is 17.7. The minimum Gasteiger partial charge on any atom is -0.319 e. The Morgan fingerprint density at radius 2 is 1.76 bits per heavy atom. The lowest BCUT2D eigenvalue weighted by molar-refractivity contribution is 0.515. The Morgan fingerprint density at radius 1 is 0.941 bits per heavy atom. The van der Waals surface area contributed by atoms with Gasteiger partial charge in [-0.3, -0.25) is 4.79 Å². The summed E-state index contributed by atoms with van der Waals surface area (Å²) in [7, 11) is 0. The molecule has 5 rings (SSSR count). The van der Waals surface area contributed by atoms with Gasteiger partial charge in [0.15, 0.2) is 11.6 Å². The van der Waals surface area contributed by atoms with E-state index < -0.39 is 17.2 Å². The van der Waals surface area contributed by atoms with Crippen molar-refractivity contribution in [3.63, 3.8) is 0 Å². The number of nitrogens with zero attached hydrogens (tertiary/aromatic N) is 3. The molecule has 2 heterocycles. The highest BCUT2D eigenvalue weighted by molar-refractivity contribution is 6.30. The molecule has 5 aromatic rings. The van der Waals surface area contributed by atoms with Gasteiger partial charge in [0.25, 0.3) is 0 Å². The lowest BCUT2D eigenvalue weighted by Gasteiger charge is -2.24. The third-order valence-corrected chi connectivity index (χ3v) is 5.63. The van der Waals surface area contributed by atoms with E-state index in [1.165, 1.54) is 12.1 Å². The Hall–Kier alpha value is -4.10. The maximum atomic E-state index is 14.4. The van der Waals surface area contributed by atoms with E-state index in [0.29, 0.717) is 33.3 Å². The molecule has 0 unspecified atom stereocenters. The van der Waals surface area contributed by atoms with Crippen molar-refractivity contribution in [2.45, 2.75) is 6.54 Å². The summed E-state index contributed by atoms with van der Waals surface area (Å²) in [6.07, 6.45) is 1.65. The van der Waals surface area contributed by atoms with Crippen LogP contribution in [0.4, 0.5) is 20.4 Å². The van der Waals surface area contributed by atoms with Crippen molar-refractivity contribution >= 4 is 34.1 Å². The van der Waals surface area contributed by atoms with Gasteiger partial charge in [0.1, 0.15) is 0 Å². The van der Waals surface area contributed by atoms with Crippen LogP contribution in [-0.2, 0) is 6.54 Å². The van der Waals surface area contributed by atoms with Crippen LogP contribution >= 0.6 is 11.6 Å². The quantitative estimate of drug-likeness (QED) is 0.327. The summed E-state index contributed by atoms with van der Waals surface area (Å²) in [6, 6.07) is 22.4. The summed E-state index contributed by atoms with van der Waals surface area (Å²) < 4.78 is 28.2. The number of benzene rings is 3. The SMILES string of the molecule is O=c1cc(CN(c2cccc(Cl)c2)c2nccc(-c3ccccc3)n2)c2ccc(F)c(F)c2[nH]1. The van der Waals surface area contributed by atoms with Crippen LogP contribution in [0.3, 0.4) is 0 Å². The molecule has 0 radical (unpaired) electrons. The second kappa shape index (κ2) is 9.03. The first-order valence-corrected chi connectivity index (χ1v) is 10.8. The van der Waals surface area contributed by atoms with Gasteiger partial charge in [0.2, 0.25) is 11.5 Å². The van der Waals surface area contributed by atoms with Crippen LogP contribution in [0.5, 0.6) is 0 Å². The molecule has 5 nitrogen and oxygen atoms in total. The van der Waals surface area contributed by atoms with Gasteiger partial charge >= 0.3 is 0 Å². The molecule has 168 valence electrons. The van der Waals surface area contributed by atoms with E-state index in [2.05, 4.69) is 9.97 Å². The highest BCUT2D eigenvalue weighted by atomic mass is 35.5. The van der Waals surface area contributed by atoms with Crippen molar-refractivity contribution in [2.75, 3.05) is 4.90 Å². The molecule has 1 N–H and O–H groups in total. The minimum atomic E-state index is -1.10. The van der Waals surface area contributed by atoms with Gasteiger partial charge in [0, 0.05) is 33.9 Å². The normalized spacial score (nSPS) is 11.0. The zero-order valence-corrected chi connectivity index (χ0v) is 18.4. The zero-order chi connectivity index (χ0) is 23.7. The Balaban J connectivity index is 1.66. The number of H-pyrrole nitrogens is 1. The summed E-state index contributed by atoms with van der Waals surface area (Å²) in [6.45, 7) is 0.115. The molecule has 2 aromatic heterocycles. The van der Waals surface area contributed by atoms with Gasteiger partial charge in [-0.1, -0.05) is 48.0 Å². The third kappa shape index (κ3) is 4.25. The number of rotatable bonds is 5. The molecule has 0 bridgehead atoms. The van der Waals surface area contributed by atoms with Crippen LogP contribution in [-0.4, -0.2) is 15.0 Å². The van der Waals surface area contributed by atoms with Crippen LogP contribution in [0.15, 0.2) is 89.9 Å². The lowest BCUT2D eigenvalue weighted by atomic mass is 10.1. The molecule has 0 spiro atoms. The van der Waals surface area contributed by atoms with Crippen LogP contribution in [0, 0.1) is 11.6 Å². The Labute approximate surface area is 198 Å². The molecule has 0 atom stereocenters. The molecule has 8 heteroatoms. The molecular formula is C26H17ClF2N4O. The minimum absolute atomic E-state index is 0.115. The summed E-state index contributed by atoms with van der Waals surface area (Å²) in [5, 5.41) is 0.885. The van der Waals surface area contributed by atoms with Crippen LogP contribution in [0.2, 0.25) is 5.02 Å². The van der Waals surface area contributed by atoms with Crippen LogP contribution < -0.4 is 10.5 Å². The van der Waals surface area contributed by atoms with Gasteiger partial charge in [-0.15, -0.1) is 0 Å². The number of hydrogen-bond donors (Lipinski definition) is 1. The number of fused-ring (bicyclic) bond motifs is 1. The van der Waals surface area contributed by atoms with Gasteiger partial charge in [-0.2, -0.15) is 0 Å². The number of anilines is 2. The maximum Gasteiger partial charge on any atom is 0.248 e. The number of aromatic amines is 1. The molecule has 0 amide bonds. The van der Waals surface area contributed by atoms with Gasteiger partial charge < -0.3 is 9.88 Å². The first-order chi connectivity index (χ1) is 16.5. The fraction of sp³-hybridized carbons (Fsp3) is 0.0385. The summed E-state index contributed by atoms with van der Waals surface area (Å²) >= 11 is 6.25.